The van der Waals surface area contributed by atoms with Crippen molar-refractivity contribution in [2.45, 2.75) is 51.2 Å². The molecule has 1 aliphatic heterocycles. The smallest absolute Gasteiger partial charge is 0.163 e. The van der Waals surface area contributed by atoms with Crippen molar-refractivity contribution in [3.8, 4) is 11.8 Å². The van der Waals surface area contributed by atoms with Crippen molar-refractivity contribution in [1.82, 2.24) is 5.32 Å². The summed E-state index contributed by atoms with van der Waals surface area (Å²) >= 11 is 0. The average Bonchev–Trinajstić information content (AvgIpc) is 2.67. The highest BCUT2D eigenvalue weighted by atomic mass is 16.7. The lowest BCUT2D eigenvalue weighted by molar-refractivity contribution is -0.285. The van der Waals surface area contributed by atoms with E-state index in [1.54, 1.807) is 0 Å². The van der Waals surface area contributed by atoms with Crippen LogP contribution in [-0.2, 0) is 9.47 Å². The highest BCUT2D eigenvalue weighted by Gasteiger charge is 2.37. The fraction of sp³-hybridized carbons (Fsp3) is 0.391. The molecule has 2 aromatic carbocycles. The predicted molar refractivity (Wildman–Crippen MR) is 105 cm³/mol. The van der Waals surface area contributed by atoms with Crippen LogP contribution in [0.1, 0.15) is 44.4 Å². The highest BCUT2D eigenvalue weighted by Crippen LogP contribution is 2.33. The molecule has 1 aliphatic rings. The largest absolute Gasteiger partial charge is 0.349 e. The van der Waals surface area contributed by atoms with E-state index in [-0.39, 0.29) is 18.2 Å². The van der Waals surface area contributed by atoms with Gasteiger partial charge >= 0.3 is 0 Å². The number of nitrogens with one attached hydrogen (secondary N) is 1. The lowest BCUT2D eigenvalue weighted by atomic mass is 9.99. The number of hydrogen-bond donors (Lipinski definition) is 1. The second-order valence-electron chi connectivity index (χ2n) is 7.03. The van der Waals surface area contributed by atoms with E-state index in [0.717, 1.165) is 17.5 Å². The Morgan fingerprint density at radius 1 is 1.08 bits per heavy atom. The van der Waals surface area contributed by atoms with E-state index in [0.29, 0.717) is 6.61 Å². The van der Waals surface area contributed by atoms with Gasteiger partial charge in [-0.05, 0) is 38.0 Å². The van der Waals surface area contributed by atoms with Gasteiger partial charge in [0.05, 0.1) is 18.7 Å². The van der Waals surface area contributed by atoms with Crippen LogP contribution < -0.4 is 5.32 Å². The molecule has 1 saturated heterocycles. The van der Waals surface area contributed by atoms with Gasteiger partial charge in [0.1, 0.15) is 6.10 Å². The van der Waals surface area contributed by atoms with Crippen LogP contribution in [0.5, 0.6) is 0 Å². The predicted octanol–water partition coefficient (Wildman–Crippen LogP) is 4.30. The minimum atomic E-state index is -0.587. The second-order valence-corrected chi connectivity index (χ2v) is 7.03. The van der Waals surface area contributed by atoms with Gasteiger partial charge in [0, 0.05) is 5.56 Å². The molecule has 2 aromatic rings. The van der Waals surface area contributed by atoms with Crippen molar-refractivity contribution >= 4 is 0 Å². The molecule has 3 atom stereocenters. The Morgan fingerprint density at radius 3 is 2.38 bits per heavy atom. The monoisotopic (exact) mass is 349 g/mol. The van der Waals surface area contributed by atoms with Crippen molar-refractivity contribution in [3.05, 3.63) is 71.8 Å². The van der Waals surface area contributed by atoms with Gasteiger partial charge in [-0.15, -0.1) is 0 Å². The molecular weight excluding hydrogens is 322 g/mol. The minimum absolute atomic E-state index is 0.0560. The van der Waals surface area contributed by atoms with E-state index in [1.807, 2.05) is 62.4 Å². The third-order valence-corrected chi connectivity index (χ3v) is 4.50. The van der Waals surface area contributed by atoms with E-state index in [4.69, 9.17) is 9.47 Å². The van der Waals surface area contributed by atoms with Crippen LogP contribution in [0.3, 0.4) is 0 Å². The maximum atomic E-state index is 6.25. The fourth-order valence-corrected chi connectivity index (χ4v) is 3.09. The van der Waals surface area contributed by atoms with Crippen LogP contribution in [0.25, 0.3) is 0 Å². The maximum Gasteiger partial charge on any atom is 0.163 e. The van der Waals surface area contributed by atoms with Gasteiger partial charge in [-0.25, -0.2) is 0 Å². The van der Waals surface area contributed by atoms with Crippen molar-refractivity contribution in [2.75, 3.05) is 6.61 Å². The van der Waals surface area contributed by atoms with Crippen LogP contribution in [-0.4, -0.2) is 24.5 Å². The van der Waals surface area contributed by atoms with Gasteiger partial charge in [0.25, 0.3) is 0 Å². The van der Waals surface area contributed by atoms with Gasteiger partial charge in [0.15, 0.2) is 5.79 Å². The Kier molecular flexibility index (Phi) is 6.11. The zero-order valence-corrected chi connectivity index (χ0v) is 15.7. The molecule has 26 heavy (non-hydrogen) atoms. The summed E-state index contributed by atoms with van der Waals surface area (Å²) in [5, 5.41) is 3.64. The van der Waals surface area contributed by atoms with Gasteiger partial charge in [-0.2, -0.15) is 0 Å². The third kappa shape index (κ3) is 4.95. The standard InChI is InChI=1S/C23H27NO2/c1-4-20(16-15-18-11-7-5-8-12-18)24-21-17-25-23(2,3)26-22(21)19-13-9-6-10-14-19/h5-14,20-22,24H,4,17H2,1-3H3/t20-,21-,22-/m0/s1. The molecule has 0 aromatic heterocycles. The summed E-state index contributed by atoms with van der Waals surface area (Å²) in [6.45, 7) is 6.66. The van der Waals surface area contributed by atoms with Gasteiger partial charge in [0.2, 0.25) is 0 Å². The van der Waals surface area contributed by atoms with Gasteiger partial charge < -0.3 is 9.47 Å². The Balaban J connectivity index is 1.76. The normalized spacial score (nSPS) is 22.9. The van der Waals surface area contributed by atoms with Crippen LogP contribution in [0.4, 0.5) is 0 Å². The van der Waals surface area contributed by atoms with Crippen LogP contribution in [0.15, 0.2) is 60.7 Å². The topological polar surface area (TPSA) is 30.5 Å². The van der Waals surface area contributed by atoms with E-state index in [2.05, 4.69) is 36.2 Å². The summed E-state index contributed by atoms with van der Waals surface area (Å²) in [5.41, 5.74) is 2.19. The summed E-state index contributed by atoms with van der Waals surface area (Å²) in [6, 6.07) is 20.6. The van der Waals surface area contributed by atoms with E-state index in [1.165, 1.54) is 0 Å². The molecule has 0 bridgehead atoms. The molecule has 136 valence electrons. The zero-order valence-electron chi connectivity index (χ0n) is 15.7. The van der Waals surface area contributed by atoms with Crippen molar-refractivity contribution in [3.63, 3.8) is 0 Å². The molecule has 0 amide bonds. The maximum absolute atomic E-state index is 6.25. The first-order chi connectivity index (χ1) is 12.6. The lowest BCUT2D eigenvalue weighted by Gasteiger charge is -2.42. The number of benzene rings is 2. The third-order valence-electron chi connectivity index (χ3n) is 4.50. The van der Waals surface area contributed by atoms with E-state index in [9.17, 15) is 0 Å². The van der Waals surface area contributed by atoms with Crippen molar-refractivity contribution in [1.29, 1.82) is 0 Å². The highest BCUT2D eigenvalue weighted by molar-refractivity contribution is 5.35. The number of hydrogen-bond acceptors (Lipinski definition) is 3. The quantitative estimate of drug-likeness (QED) is 0.835. The molecule has 0 radical (unpaired) electrons. The summed E-state index contributed by atoms with van der Waals surface area (Å²) < 4.78 is 12.2. The SMILES string of the molecule is CC[C@@H](C#Cc1ccccc1)N[C@H]1COC(C)(C)O[C@H]1c1ccccc1. The lowest BCUT2D eigenvalue weighted by Crippen LogP contribution is -2.52. The first kappa shape index (κ1) is 18.7. The molecule has 3 rings (SSSR count). The first-order valence-corrected chi connectivity index (χ1v) is 9.27. The molecular formula is C23H27NO2. The molecule has 1 heterocycles. The Hall–Kier alpha value is -2.12. The molecule has 3 heteroatoms. The first-order valence-electron chi connectivity index (χ1n) is 9.27. The molecule has 0 saturated carbocycles. The Morgan fingerprint density at radius 2 is 1.73 bits per heavy atom. The van der Waals surface area contributed by atoms with E-state index >= 15 is 0 Å². The summed E-state index contributed by atoms with van der Waals surface area (Å²) in [7, 11) is 0. The van der Waals surface area contributed by atoms with Crippen LogP contribution >= 0.6 is 0 Å². The van der Waals surface area contributed by atoms with Gasteiger partial charge in [-0.3, -0.25) is 5.32 Å². The molecule has 1 fully saturated rings. The minimum Gasteiger partial charge on any atom is -0.349 e. The Labute approximate surface area is 156 Å². The van der Waals surface area contributed by atoms with Crippen molar-refractivity contribution in [2.24, 2.45) is 0 Å². The molecule has 0 aliphatic carbocycles. The van der Waals surface area contributed by atoms with Crippen molar-refractivity contribution < 1.29 is 9.47 Å². The fourth-order valence-electron chi connectivity index (χ4n) is 3.09. The molecule has 3 nitrogen and oxygen atoms in total. The zero-order chi connectivity index (χ0) is 18.4. The number of ether oxygens (including phenoxy) is 2. The van der Waals surface area contributed by atoms with Gasteiger partial charge in [-0.1, -0.05) is 67.3 Å². The second kappa shape index (κ2) is 8.51. The number of rotatable bonds is 4. The summed E-state index contributed by atoms with van der Waals surface area (Å²) in [5.74, 6) is 6.03. The average molecular weight is 349 g/mol. The molecule has 0 unspecified atom stereocenters. The summed E-state index contributed by atoms with van der Waals surface area (Å²) in [4.78, 5) is 0. The molecule has 0 spiro atoms. The van der Waals surface area contributed by atoms with E-state index < -0.39 is 5.79 Å². The van der Waals surface area contributed by atoms with Crippen LogP contribution in [0.2, 0.25) is 0 Å². The Bertz CT molecular complexity index is 746. The summed E-state index contributed by atoms with van der Waals surface area (Å²) in [6.07, 6.45) is 0.855. The van der Waals surface area contributed by atoms with Crippen LogP contribution in [0, 0.1) is 11.8 Å². The molecule has 1 N–H and O–H groups in total.